The SMILES string of the molecule is C=CCc1cc[c]c(F)c1F. The summed E-state index contributed by atoms with van der Waals surface area (Å²) in [5.74, 6) is -1.75. The van der Waals surface area contributed by atoms with Gasteiger partial charge in [0.05, 0.1) is 0 Å². The van der Waals surface area contributed by atoms with Gasteiger partial charge in [0.25, 0.3) is 0 Å². The molecule has 0 heterocycles. The predicted octanol–water partition coefficient (Wildman–Crippen LogP) is 2.49. The van der Waals surface area contributed by atoms with Crippen molar-refractivity contribution in [2.24, 2.45) is 0 Å². The molecule has 1 aromatic rings. The van der Waals surface area contributed by atoms with Gasteiger partial charge >= 0.3 is 0 Å². The van der Waals surface area contributed by atoms with Crippen LogP contribution in [0.3, 0.4) is 0 Å². The van der Waals surface area contributed by atoms with Gasteiger partial charge in [-0.3, -0.25) is 0 Å². The molecule has 0 atom stereocenters. The van der Waals surface area contributed by atoms with Crippen LogP contribution in [-0.2, 0) is 6.42 Å². The van der Waals surface area contributed by atoms with Crippen molar-refractivity contribution in [2.75, 3.05) is 0 Å². The van der Waals surface area contributed by atoms with E-state index < -0.39 is 11.6 Å². The van der Waals surface area contributed by atoms with E-state index in [9.17, 15) is 8.78 Å². The predicted molar refractivity (Wildman–Crippen MR) is 39.1 cm³/mol. The highest BCUT2D eigenvalue weighted by molar-refractivity contribution is 5.19. The Morgan fingerprint density at radius 1 is 1.55 bits per heavy atom. The van der Waals surface area contributed by atoms with Crippen LogP contribution in [0.1, 0.15) is 5.56 Å². The van der Waals surface area contributed by atoms with Gasteiger partial charge in [-0.1, -0.05) is 18.2 Å². The fourth-order valence-electron chi connectivity index (χ4n) is 0.806. The molecule has 0 N–H and O–H groups in total. The quantitative estimate of drug-likeness (QED) is 0.572. The number of hydrogen-bond acceptors (Lipinski definition) is 0. The zero-order valence-electron chi connectivity index (χ0n) is 5.90. The van der Waals surface area contributed by atoms with Gasteiger partial charge in [0.1, 0.15) is 0 Å². The molecule has 57 valence electrons. The van der Waals surface area contributed by atoms with Crippen molar-refractivity contribution in [3.8, 4) is 0 Å². The van der Waals surface area contributed by atoms with Crippen molar-refractivity contribution in [3.63, 3.8) is 0 Å². The van der Waals surface area contributed by atoms with Crippen molar-refractivity contribution >= 4 is 0 Å². The molecule has 2 heteroatoms. The molecule has 0 aliphatic heterocycles. The van der Waals surface area contributed by atoms with E-state index in [1.54, 1.807) is 0 Å². The summed E-state index contributed by atoms with van der Waals surface area (Å²) in [5.41, 5.74) is 0.316. The van der Waals surface area contributed by atoms with Gasteiger partial charge in [-0.25, -0.2) is 8.78 Å². The minimum Gasteiger partial charge on any atom is -0.203 e. The summed E-state index contributed by atoms with van der Waals surface area (Å²) in [4.78, 5) is 0. The number of rotatable bonds is 2. The molecule has 0 aliphatic carbocycles. The van der Waals surface area contributed by atoms with Crippen LogP contribution < -0.4 is 0 Å². The van der Waals surface area contributed by atoms with Crippen LogP contribution in [0.4, 0.5) is 8.78 Å². The molecule has 11 heavy (non-hydrogen) atoms. The molecule has 0 bridgehead atoms. The minimum atomic E-state index is -0.927. The van der Waals surface area contributed by atoms with E-state index in [1.165, 1.54) is 18.2 Å². The molecular weight excluding hydrogens is 146 g/mol. The normalized spacial score (nSPS) is 9.64. The molecule has 0 unspecified atom stereocenters. The zero-order valence-corrected chi connectivity index (χ0v) is 5.90. The fraction of sp³-hybridized carbons (Fsp3) is 0.111. The third-order valence-electron chi connectivity index (χ3n) is 1.33. The third-order valence-corrected chi connectivity index (χ3v) is 1.33. The largest absolute Gasteiger partial charge is 0.203 e. The molecule has 1 aromatic carbocycles. The van der Waals surface area contributed by atoms with Crippen LogP contribution in [0.2, 0.25) is 0 Å². The van der Waals surface area contributed by atoms with E-state index in [0.717, 1.165) is 0 Å². The Kier molecular flexibility index (Phi) is 2.36. The zero-order chi connectivity index (χ0) is 8.27. The smallest absolute Gasteiger partial charge is 0.167 e. The average Bonchev–Trinajstić information content (AvgIpc) is 1.99. The van der Waals surface area contributed by atoms with Crippen LogP contribution >= 0.6 is 0 Å². The Labute approximate surface area is 64.2 Å². The lowest BCUT2D eigenvalue weighted by Gasteiger charge is -1.97. The van der Waals surface area contributed by atoms with Gasteiger partial charge in [0, 0.05) is 6.07 Å². The van der Waals surface area contributed by atoms with E-state index in [2.05, 4.69) is 12.6 Å². The van der Waals surface area contributed by atoms with E-state index >= 15 is 0 Å². The average molecular weight is 153 g/mol. The second-order valence-corrected chi connectivity index (χ2v) is 2.12. The topological polar surface area (TPSA) is 0 Å². The Morgan fingerprint density at radius 2 is 2.27 bits per heavy atom. The third kappa shape index (κ3) is 1.64. The van der Waals surface area contributed by atoms with Gasteiger partial charge in [0.15, 0.2) is 11.6 Å². The second kappa shape index (κ2) is 3.28. The maximum Gasteiger partial charge on any atom is 0.167 e. The lowest BCUT2D eigenvalue weighted by molar-refractivity contribution is 0.499. The Hall–Kier alpha value is -1.18. The van der Waals surface area contributed by atoms with E-state index in [4.69, 9.17) is 0 Å². The number of benzene rings is 1. The molecule has 0 amide bonds. The molecule has 0 spiro atoms. The number of halogens is 2. The van der Waals surface area contributed by atoms with Crippen molar-refractivity contribution in [1.29, 1.82) is 0 Å². The van der Waals surface area contributed by atoms with Gasteiger partial charge in [-0.05, 0) is 12.0 Å². The Bertz CT molecular complexity index is 266. The summed E-state index contributed by atoms with van der Waals surface area (Å²) in [5, 5.41) is 0. The summed E-state index contributed by atoms with van der Waals surface area (Å²) in [6, 6.07) is 4.97. The number of hydrogen-bond donors (Lipinski definition) is 0. The van der Waals surface area contributed by atoms with Crippen LogP contribution in [0, 0.1) is 17.7 Å². The van der Waals surface area contributed by atoms with Gasteiger partial charge in [-0.2, -0.15) is 0 Å². The standard InChI is InChI=1S/C9H7F2/c1-2-4-7-5-3-6-8(10)9(7)11/h2-3,5H,1,4H2. The summed E-state index contributed by atoms with van der Waals surface area (Å²) >= 11 is 0. The first-order chi connectivity index (χ1) is 5.25. The van der Waals surface area contributed by atoms with Crippen molar-refractivity contribution in [1.82, 2.24) is 0 Å². The Morgan fingerprint density at radius 3 is 2.91 bits per heavy atom. The number of allylic oxidation sites excluding steroid dienone is 1. The highest BCUT2D eigenvalue weighted by atomic mass is 19.2. The van der Waals surface area contributed by atoms with E-state index in [-0.39, 0.29) is 0 Å². The molecule has 0 nitrogen and oxygen atoms in total. The molecule has 1 radical (unpaired) electrons. The summed E-state index contributed by atoms with van der Waals surface area (Å²) < 4.78 is 25.2. The summed E-state index contributed by atoms with van der Waals surface area (Å²) in [6.07, 6.45) is 1.87. The molecule has 0 aliphatic rings. The van der Waals surface area contributed by atoms with Gasteiger partial charge < -0.3 is 0 Å². The molecule has 1 rings (SSSR count). The van der Waals surface area contributed by atoms with Crippen LogP contribution in [0.15, 0.2) is 24.8 Å². The molecular formula is C9H7F2. The maximum atomic E-state index is 12.7. The molecule has 0 fully saturated rings. The Balaban J connectivity index is 3.05. The first kappa shape index (κ1) is 7.92. The van der Waals surface area contributed by atoms with Crippen LogP contribution in [0.5, 0.6) is 0 Å². The lowest BCUT2D eigenvalue weighted by atomic mass is 10.1. The fourth-order valence-corrected chi connectivity index (χ4v) is 0.806. The van der Waals surface area contributed by atoms with Crippen LogP contribution in [0.25, 0.3) is 0 Å². The van der Waals surface area contributed by atoms with Crippen molar-refractivity contribution < 1.29 is 8.78 Å². The first-order valence-corrected chi connectivity index (χ1v) is 3.21. The van der Waals surface area contributed by atoms with Crippen molar-refractivity contribution in [2.45, 2.75) is 6.42 Å². The first-order valence-electron chi connectivity index (χ1n) is 3.21. The minimum absolute atomic E-state index is 0.316. The molecule has 0 saturated carbocycles. The molecule has 0 aromatic heterocycles. The van der Waals surface area contributed by atoms with E-state index in [1.807, 2.05) is 0 Å². The van der Waals surface area contributed by atoms with Gasteiger partial charge in [-0.15, -0.1) is 6.58 Å². The van der Waals surface area contributed by atoms with Gasteiger partial charge in [0.2, 0.25) is 0 Å². The monoisotopic (exact) mass is 153 g/mol. The van der Waals surface area contributed by atoms with Crippen molar-refractivity contribution in [3.05, 3.63) is 48.1 Å². The van der Waals surface area contributed by atoms with E-state index in [0.29, 0.717) is 12.0 Å². The highest BCUT2D eigenvalue weighted by Crippen LogP contribution is 2.11. The maximum absolute atomic E-state index is 12.7. The van der Waals surface area contributed by atoms with Crippen LogP contribution in [-0.4, -0.2) is 0 Å². The highest BCUT2D eigenvalue weighted by Gasteiger charge is 2.04. The summed E-state index contributed by atoms with van der Waals surface area (Å²) in [7, 11) is 0. The molecule has 0 saturated heterocycles. The second-order valence-electron chi connectivity index (χ2n) is 2.12. The summed E-state index contributed by atoms with van der Waals surface area (Å²) in [6.45, 7) is 3.43. The lowest BCUT2D eigenvalue weighted by Crippen LogP contribution is -1.91.